The van der Waals surface area contributed by atoms with E-state index in [0.717, 1.165) is 11.1 Å². The van der Waals surface area contributed by atoms with Crippen LogP contribution >= 0.6 is 0 Å². The lowest BCUT2D eigenvalue weighted by atomic mass is 10.1. The first-order valence-corrected chi connectivity index (χ1v) is 7.18. The number of aromatic hydroxyl groups is 1. The molecule has 0 heterocycles. The minimum atomic E-state index is -0.363. The third-order valence-corrected chi connectivity index (χ3v) is 3.09. The quantitative estimate of drug-likeness (QED) is 0.435. The molecule has 23 heavy (non-hydrogen) atoms. The molecule has 5 heteroatoms. The minimum Gasteiger partial charge on any atom is -0.508 e. The molecule has 0 aliphatic rings. The fraction of sp³-hybridized carbons (Fsp3) is 0.111. The molecule has 2 rings (SSSR count). The maximum atomic E-state index is 12.1. The van der Waals surface area contributed by atoms with Gasteiger partial charge in [-0.05, 0) is 41.5 Å². The van der Waals surface area contributed by atoms with Crippen molar-refractivity contribution < 1.29 is 15.0 Å². The third-order valence-electron chi connectivity index (χ3n) is 3.09. The molecule has 0 saturated carbocycles. The number of hydrogen-bond acceptors (Lipinski definition) is 4. The molecule has 118 valence electrons. The Balaban J connectivity index is 2.03. The summed E-state index contributed by atoms with van der Waals surface area (Å²) in [7, 11) is 0. The summed E-state index contributed by atoms with van der Waals surface area (Å²) in [5.41, 5.74) is 4.52. The molecule has 0 aliphatic carbocycles. The Bertz CT molecular complexity index is 692. The van der Waals surface area contributed by atoms with E-state index in [-0.39, 0.29) is 24.7 Å². The van der Waals surface area contributed by atoms with Gasteiger partial charge in [0.2, 0.25) is 0 Å². The fourth-order valence-electron chi connectivity index (χ4n) is 1.92. The Morgan fingerprint density at radius 2 is 1.74 bits per heavy atom. The van der Waals surface area contributed by atoms with Gasteiger partial charge in [-0.3, -0.25) is 4.79 Å². The highest BCUT2D eigenvalue weighted by Gasteiger charge is 2.08. The van der Waals surface area contributed by atoms with E-state index in [1.54, 1.807) is 18.2 Å². The van der Waals surface area contributed by atoms with E-state index in [1.165, 1.54) is 18.3 Å². The number of aliphatic hydroxyl groups is 1. The lowest BCUT2D eigenvalue weighted by Crippen LogP contribution is -2.20. The second kappa shape index (κ2) is 8.51. The molecule has 2 aromatic rings. The SMILES string of the molecule is O=C(N/N=C/c1ccc(O)cc1)C(=Cc1ccccc1)CCO. The molecule has 0 aromatic heterocycles. The summed E-state index contributed by atoms with van der Waals surface area (Å²) in [6.07, 6.45) is 3.45. The average Bonchev–Trinajstić information content (AvgIpc) is 2.57. The van der Waals surface area contributed by atoms with Crippen molar-refractivity contribution in [2.45, 2.75) is 6.42 Å². The predicted molar refractivity (Wildman–Crippen MR) is 90.0 cm³/mol. The second-order valence-electron chi connectivity index (χ2n) is 4.84. The standard InChI is InChI=1S/C18H18N2O3/c21-11-10-16(12-14-4-2-1-3-5-14)18(23)20-19-13-15-6-8-17(22)9-7-15/h1-9,12-13,21-22H,10-11H2,(H,20,23)/b16-12?,19-13+. The van der Waals surface area contributed by atoms with Crippen molar-refractivity contribution in [2.75, 3.05) is 6.61 Å². The number of phenolic OH excluding ortho intramolecular Hbond substituents is 1. The number of rotatable bonds is 6. The molecule has 0 spiro atoms. The summed E-state index contributed by atoms with van der Waals surface area (Å²) in [5, 5.41) is 22.2. The summed E-state index contributed by atoms with van der Waals surface area (Å²) in [5.74, 6) is -0.194. The van der Waals surface area contributed by atoms with E-state index in [0.29, 0.717) is 5.57 Å². The summed E-state index contributed by atoms with van der Waals surface area (Å²) >= 11 is 0. The lowest BCUT2D eigenvalue weighted by Gasteiger charge is -2.04. The highest BCUT2D eigenvalue weighted by molar-refractivity contribution is 5.98. The van der Waals surface area contributed by atoms with Crippen LogP contribution in [0.3, 0.4) is 0 Å². The molecule has 0 bridgehead atoms. The van der Waals surface area contributed by atoms with Crippen LogP contribution in [0.2, 0.25) is 0 Å². The highest BCUT2D eigenvalue weighted by Crippen LogP contribution is 2.10. The summed E-state index contributed by atoms with van der Waals surface area (Å²) < 4.78 is 0. The van der Waals surface area contributed by atoms with Crippen molar-refractivity contribution in [3.8, 4) is 5.75 Å². The molecule has 0 saturated heterocycles. The Morgan fingerprint density at radius 3 is 2.39 bits per heavy atom. The number of nitrogens with one attached hydrogen (secondary N) is 1. The molecule has 0 unspecified atom stereocenters. The normalized spacial score (nSPS) is 11.6. The van der Waals surface area contributed by atoms with Crippen molar-refractivity contribution in [1.29, 1.82) is 0 Å². The number of hydrogen-bond donors (Lipinski definition) is 3. The largest absolute Gasteiger partial charge is 0.508 e. The van der Waals surface area contributed by atoms with E-state index in [2.05, 4.69) is 10.5 Å². The van der Waals surface area contributed by atoms with Crippen LogP contribution in [0.25, 0.3) is 6.08 Å². The van der Waals surface area contributed by atoms with Gasteiger partial charge in [-0.1, -0.05) is 30.3 Å². The molecule has 0 atom stereocenters. The summed E-state index contributed by atoms with van der Waals surface area (Å²) in [4.78, 5) is 12.1. The molecule has 0 fully saturated rings. The van der Waals surface area contributed by atoms with Crippen LogP contribution in [0.5, 0.6) is 5.75 Å². The van der Waals surface area contributed by atoms with Gasteiger partial charge in [-0.25, -0.2) is 5.43 Å². The van der Waals surface area contributed by atoms with Crippen LogP contribution < -0.4 is 5.43 Å². The van der Waals surface area contributed by atoms with Gasteiger partial charge in [0.05, 0.1) is 6.21 Å². The van der Waals surface area contributed by atoms with Gasteiger partial charge >= 0.3 is 0 Å². The number of phenols is 1. The van der Waals surface area contributed by atoms with E-state index >= 15 is 0 Å². The molecule has 0 aliphatic heterocycles. The van der Waals surface area contributed by atoms with Crippen molar-refractivity contribution >= 4 is 18.2 Å². The number of hydrazone groups is 1. The Kier molecular flexibility index (Phi) is 6.08. The van der Waals surface area contributed by atoms with E-state index in [1.807, 2.05) is 30.3 Å². The van der Waals surface area contributed by atoms with Gasteiger partial charge < -0.3 is 10.2 Å². The van der Waals surface area contributed by atoms with Gasteiger partial charge in [0.1, 0.15) is 5.75 Å². The summed E-state index contributed by atoms with van der Waals surface area (Å²) in [6, 6.07) is 15.8. The molecule has 5 nitrogen and oxygen atoms in total. The number of carbonyl (C=O) groups is 1. The molecular weight excluding hydrogens is 292 g/mol. The van der Waals surface area contributed by atoms with Gasteiger partial charge in [-0.15, -0.1) is 0 Å². The lowest BCUT2D eigenvalue weighted by molar-refractivity contribution is -0.117. The Morgan fingerprint density at radius 1 is 1.04 bits per heavy atom. The molecular formula is C18H18N2O3. The number of carbonyl (C=O) groups excluding carboxylic acids is 1. The Hall–Kier alpha value is -2.92. The third kappa shape index (κ3) is 5.41. The van der Waals surface area contributed by atoms with Crippen molar-refractivity contribution in [3.05, 3.63) is 71.3 Å². The molecule has 0 radical (unpaired) electrons. The van der Waals surface area contributed by atoms with Crippen molar-refractivity contribution in [3.63, 3.8) is 0 Å². The highest BCUT2D eigenvalue weighted by atomic mass is 16.3. The van der Waals surface area contributed by atoms with E-state index in [4.69, 9.17) is 5.11 Å². The zero-order valence-electron chi connectivity index (χ0n) is 12.5. The van der Waals surface area contributed by atoms with Crippen LogP contribution in [0.4, 0.5) is 0 Å². The maximum Gasteiger partial charge on any atom is 0.267 e. The van der Waals surface area contributed by atoms with E-state index < -0.39 is 0 Å². The summed E-state index contributed by atoms with van der Waals surface area (Å²) in [6.45, 7) is -0.117. The minimum absolute atomic E-state index is 0.117. The van der Waals surface area contributed by atoms with Gasteiger partial charge in [-0.2, -0.15) is 5.10 Å². The molecule has 2 aromatic carbocycles. The topological polar surface area (TPSA) is 81.9 Å². The maximum absolute atomic E-state index is 12.1. The first-order valence-electron chi connectivity index (χ1n) is 7.18. The second-order valence-corrected chi connectivity index (χ2v) is 4.84. The van der Waals surface area contributed by atoms with Crippen molar-refractivity contribution in [1.82, 2.24) is 5.43 Å². The fourth-order valence-corrected chi connectivity index (χ4v) is 1.92. The first kappa shape index (κ1) is 16.5. The Labute approximate surface area is 134 Å². The van der Waals surface area contributed by atoms with Gasteiger partial charge in [0.25, 0.3) is 5.91 Å². The van der Waals surface area contributed by atoms with Crippen LogP contribution in [-0.4, -0.2) is 28.9 Å². The zero-order valence-corrected chi connectivity index (χ0v) is 12.5. The smallest absolute Gasteiger partial charge is 0.267 e. The number of aliphatic hydroxyl groups excluding tert-OH is 1. The van der Waals surface area contributed by atoms with Gasteiger partial charge in [0, 0.05) is 18.6 Å². The number of nitrogens with zero attached hydrogens (tertiary/aromatic N) is 1. The monoisotopic (exact) mass is 310 g/mol. The van der Waals surface area contributed by atoms with E-state index in [9.17, 15) is 9.90 Å². The van der Waals surface area contributed by atoms with Crippen LogP contribution in [0, 0.1) is 0 Å². The van der Waals surface area contributed by atoms with Crippen molar-refractivity contribution in [2.24, 2.45) is 5.10 Å². The number of benzene rings is 2. The van der Waals surface area contributed by atoms with Crippen LogP contribution in [0.15, 0.2) is 65.3 Å². The number of amides is 1. The average molecular weight is 310 g/mol. The zero-order chi connectivity index (χ0) is 16.5. The first-order chi connectivity index (χ1) is 11.2. The van der Waals surface area contributed by atoms with Crippen LogP contribution in [-0.2, 0) is 4.79 Å². The van der Waals surface area contributed by atoms with Crippen LogP contribution in [0.1, 0.15) is 17.5 Å². The predicted octanol–water partition coefficient (Wildman–Crippen LogP) is 2.31. The molecule has 1 amide bonds. The molecule has 3 N–H and O–H groups in total. The van der Waals surface area contributed by atoms with Gasteiger partial charge in [0.15, 0.2) is 0 Å².